The number of nitrogens with zero attached hydrogens (tertiary/aromatic N) is 6. The Hall–Kier alpha value is -2.68. The maximum Gasteiger partial charge on any atom is 0.278 e. The monoisotopic (exact) mass is 388 g/mol. The van der Waals surface area contributed by atoms with Crippen molar-refractivity contribution in [2.24, 2.45) is 5.10 Å². The molecule has 2 aromatic heterocycles. The van der Waals surface area contributed by atoms with Crippen LogP contribution in [0.1, 0.15) is 27.2 Å². The zero-order chi connectivity index (χ0) is 20.0. The number of rotatable bonds is 8. The second-order valence-corrected chi connectivity index (χ2v) is 6.56. The van der Waals surface area contributed by atoms with Crippen molar-refractivity contribution < 1.29 is 4.79 Å². The zero-order valence-electron chi connectivity index (χ0n) is 16.0. The molecule has 0 aliphatic heterocycles. The van der Waals surface area contributed by atoms with Gasteiger partial charge in [0.05, 0.1) is 12.6 Å². The summed E-state index contributed by atoms with van der Waals surface area (Å²) < 4.78 is 3.09. The van der Waals surface area contributed by atoms with Gasteiger partial charge in [-0.25, -0.2) is 24.3 Å². The number of hydrogen-bond donors (Lipinski definition) is 0. The molecule has 9 heteroatoms. The van der Waals surface area contributed by atoms with Crippen LogP contribution in [0.4, 0.5) is 0 Å². The Morgan fingerprint density at radius 2 is 2.26 bits per heavy atom. The van der Waals surface area contributed by atoms with E-state index in [0.29, 0.717) is 28.4 Å². The first-order valence-electron chi connectivity index (χ1n) is 8.61. The van der Waals surface area contributed by atoms with Crippen LogP contribution in [-0.2, 0) is 11.3 Å². The highest BCUT2D eigenvalue weighted by molar-refractivity contribution is 7.98. The molecule has 0 fully saturated rings. The highest BCUT2D eigenvalue weighted by Gasteiger charge is 2.19. The lowest BCUT2D eigenvalue weighted by Gasteiger charge is -2.20. The van der Waals surface area contributed by atoms with Gasteiger partial charge in [0.1, 0.15) is 5.39 Å². The van der Waals surface area contributed by atoms with E-state index in [-0.39, 0.29) is 18.1 Å². The predicted molar refractivity (Wildman–Crippen MR) is 109 cm³/mol. The van der Waals surface area contributed by atoms with Gasteiger partial charge in [-0.2, -0.15) is 5.10 Å². The highest BCUT2D eigenvalue weighted by atomic mass is 32.2. The molecule has 2 rings (SSSR count). The van der Waals surface area contributed by atoms with Crippen LogP contribution in [0.15, 0.2) is 46.1 Å². The minimum Gasteiger partial charge on any atom is -0.277 e. The van der Waals surface area contributed by atoms with E-state index in [1.165, 1.54) is 27.6 Å². The van der Waals surface area contributed by atoms with Crippen molar-refractivity contribution in [3.63, 3.8) is 0 Å². The third-order valence-corrected chi connectivity index (χ3v) is 4.60. The summed E-state index contributed by atoms with van der Waals surface area (Å²) in [6.07, 6.45) is 9.97. The minimum absolute atomic E-state index is 0.0828. The molecule has 0 radical (unpaired) electrons. The largest absolute Gasteiger partial charge is 0.278 e. The van der Waals surface area contributed by atoms with Gasteiger partial charge < -0.3 is 0 Å². The molecule has 27 heavy (non-hydrogen) atoms. The van der Waals surface area contributed by atoms with Crippen LogP contribution in [0.25, 0.3) is 11.0 Å². The first-order chi connectivity index (χ1) is 13.0. The summed E-state index contributed by atoms with van der Waals surface area (Å²) in [5.41, 5.74) is 0.198. The van der Waals surface area contributed by atoms with E-state index in [9.17, 15) is 9.59 Å². The van der Waals surface area contributed by atoms with Crippen LogP contribution in [0.2, 0.25) is 0 Å². The number of carbonyl (C=O) groups is 1. The maximum atomic E-state index is 12.8. The maximum absolute atomic E-state index is 12.8. The van der Waals surface area contributed by atoms with Gasteiger partial charge in [0, 0.05) is 6.20 Å². The van der Waals surface area contributed by atoms with E-state index < -0.39 is 0 Å². The molecule has 2 aromatic rings. The van der Waals surface area contributed by atoms with E-state index in [4.69, 9.17) is 0 Å². The van der Waals surface area contributed by atoms with Gasteiger partial charge in [-0.05, 0) is 32.6 Å². The fraction of sp³-hybridized carbons (Fsp3) is 0.389. The number of fused-ring (bicyclic) bond motifs is 1. The molecule has 1 amide bonds. The Morgan fingerprint density at radius 1 is 1.52 bits per heavy atom. The summed E-state index contributed by atoms with van der Waals surface area (Å²) in [5, 5.41) is 6.76. The van der Waals surface area contributed by atoms with E-state index in [0.717, 1.165) is 6.42 Å². The first-order valence-corrected chi connectivity index (χ1v) is 9.83. The van der Waals surface area contributed by atoms with Crippen molar-refractivity contribution in [3.05, 3.63) is 41.4 Å². The summed E-state index contributed by atoms with van der Waals surface area (Å²) in [4.78, 5) is 33.1. The topological polar surface area (TPSA) is 85.4 Å². The SMILES string of the molecule is C=CCn1c(=O)c2cnc(SC)nc2n1C(/C=C\C)=N/N(C=O)C(C)CC. The third-order valence-electron chi connectivity index (χ3n) is 4.04. The van der Waals surface area contributed by atoms with Gasteiger partial charge >= 0.3 is 0 Å². The number of hydrogen-bond acceptors (Lipinski definition) is 6. The molecule has 1 unspecified atom stereocenters. The zero-order valence-corrected chi connectivity index (χ0v) is 16.8. The van der Waals surface area contributed by atoms with E-state index in [2.05, 4.69) is 21.6 Å². The Labute approximate surface area is 162 Å². The number of aromatic nitrogens is 4. The minimum atomic E-state index is -0.240. The Balaban J connectivity index is 2.84. The molecule has 0 aliphatic carbocycles. The van der Waals surface area contributed by atoms with Crippen LogP contribution in [0.3, 0.4) is 0 Å². The molecular weight excluding hydrogens is 364 g/mol. The smallest absolute Gasteiger partial charge is 0.277 e. The number of hydrazone groups is 1. The fourth-order valence-corrected chi connectivity index (χ4v) is 2.79. The summed E-state index contributed by atoms with van der Waals surface area (Å²) in [5.74, 6) is 0.407. The lowest BCUT2D eigenvalue weighted by atomic mass is 10.3. The van der Waals surface area contributed by atoms with Crippen LogP contribution < -0.4 is 5.56 Å². The van der Waals surface area contributed by atoms with Gasteiger partial charge in [-0.3, -0.25) is 9.59 Å². The summed E-state index contributed by atoms with van der Waals surface area (Å²) in [6.45, 7) is 9.72. The number of amides is 1. The second-order valence-electron chi connectivity index (χ2n) is 5.78. The molecule has 0 N–H and O–H groups in total. The van der Waals surface area contributed by atoms with Crippen LogP contribution in [0.5, 0.6) is 0 Å². The summed E-state index contributed by atoms with van der Waals surface area (Å²) in [7, 11) is 0. The Bertz CT molecular complexity index is 943. The van der Waals surface area contributed by atoms with Crippen molar-refractivity contribution in [1.82, 2.24) is 24.3 Å². The molecule has 8 nitrogen and oxygen atoms in total. The number of allylic oxidation sites excluding steroid dienone is 3. The molecular formula is C18H24N6O2S. The highest BCUT2D eigenvalue weighted by Crippen LogP contribution is 2.15. The van der Waals surface area contributed by atoms with Crippen molar-refractivity contribution in [3.8, 4) is 0 Å². The van der Waals surface area contributed by atoms with Crippen molar-refractivity contribution >= 4 is 35.0 Å². The lowest BCUT2D eigenvalue weighted by molar-refractivity contribution is -0.120. The molecule has 144 valence electrons. The van der Waals surface area contributed by atoms with Gasteiger partial charge in [-0.1, -0.05) is 30.8 Å². The number of thioether (sulfide) groups is 1. The number of carbonyl (C=O) groups excluding carboxylic acids is 1. The molecule has 0 saturated carbocycles. The van der Waals surface area contributed by atoms with E-state index in [1.54, 1.807) is 22.9 Å². The Morgan fingerprint density at radius 3 is 2.81 bits per heavy atom. The predicted octanol–water partition coefficient (Wildman–Crippen LogP) is 2.50. The van der Waals surface area contributed by atoms with Crippen molar-refractivity contribution in [2.75, 3.05) is 6.26 Å². The van der Waals surface area contributed by atoms with Crippen molar-refractivity contribution in [1.29, 1.82) is 0 Å². The van der Waals surface area contributed by atoms with Gasteiger partial charge in [0.15, 0.2) is 16.6 Å². The standard InChI is InChI=1S/C18H24N6O2S/c1-6-9-15(21-22(12-25)13(4)8-3)24-16-14(11-19-18(20-16)27-5)17(26)23(24)10-7-2/h6-7,9,11-13H,2,8,10H2,1,3-5H3/b9-6-,21-15+. The second kappa shape index (κ2) is 9.31. The van der Waals surface area contributed by atoms with Crippen LogP contribution in [-0.4, -0.2) is 48.9 Å². The van der Waals surface area contributed by atoms with Gasteiger partial charge in [-0.15, -0.1) is 6.58 Å². The first kappa shape index (κ1) is 20.6. The van der Waals surface area contributed by atoms with E-state index in [1.807, 2.05) is 27.0 Å². The van der Waals surface area contributed by atoms with E-state index >= 15 is 0 Å². The van der Waals surface area contributed by atoms with Gasteiger partial charge in [0.2, 0.25) is 6.41 Å². The average molecular weight is 388 g/mol. The molecule has 0 aromatic carbocycles. The van der Waals surface area contributed by atoms with Crippen molar-refractivity contribution in [2.45, 2.75) is 44.9 Å². The molecule has 1 atom stereocenters. The quantitative estimate of drug-likeness (QED) is 0.132. The Kier molecular flexibility index (Phi) is 7.12. The summed E-state index contributed by atoms with van der Waals surface area (Å²) in [6, 6.07) is -0.0828. The van der Waals surface area contributed by atoms with Gasteiger partial charge in [0.25, 0.3) is 5.56 Å². The van der Waals surface area contributed by atoms with Crippen LogP contribution >= 0.6 is 11.8 Å². The summed E-state index contributed by atoms with van der Waals surface area (Å²) >= 11 is 1.38. The lowest BCUT2D eigenvalue weighted by Crippen LogP contribution is -2.32. The molecule has 0 saturated heterocycles. The fourth-order valence-electron chi connectivity index (χ4n) is 2.46. The normalized spacial score (nSPS) is 13.3. The van der Waals surface area contributed by atoms with Crippen LogP contribution in [0, 0.1) is 0 Å². The third kappa shape index (κ3) is 4.19. The molecule has 2 heterocycles. The molecule has 0 bridgehead atoms. The average Bonchev–Trinajstić information content (AvgIpc) is 2.96. The molecule has 0 aliphatic rings. The molecule has 0 spiro atoms.